The van der Waals surface area contributed by atoms with Crippen molar-refractivity contribution in [1.82, 2.24) is 0 Å². The minimum atomic E-state index is 0.683. The molecule has 1 heterocycles. The molecule has 76 valence electrons. The second-order valence-electron chi connectivity index (χ2n) is 4.75. The summed E-state index contributed by atoms with van der Waals surface area (Å²) in [4.78, 5) is 0. The van der Waals surface area contributed by atoms with Crippen molar-refractivity contribution < 1.29 is 4.74 Å². The second kappa shape index (κ2) is 4.31. The largest absolute Gasteiger partial charge is 0.381 e. The van der Waals surface area contributed by atoms with E-state index in [9.17, 15) is 0 Å². The summed E-state index contributed by atoms with van der Waals surface area (Å²) in [7, 11) is 0. The Hall–Kier alpha value is 0.440. The predicted octanol–water partition coefficient (Wildman–Crippen LogP) is 3.37. The summed E-state index contributed by atoms with van der Waals surface area (Å²) in [6.07, 6.45) is 8.41. The van der Waals surface area contributed by atoms with Crippen LogP contribution in [0.3, 0.4) is 0 Å². The van der Waals surface area contributed by atoms with Gasteiger partial charge >= 0.3 is 0 Å². The summed E-state index contributed by atoms with van der Waals surface area (Å²) in [5, 5.41) is 1.22. The SMILES string of the molecule is BrCC1(CC2CCOCC2)CCC1. The number of rotatable bonds is 3. The van der Waals surface area contributed by atoms with Crippen molar-refractivity contribution in [3.8, 4) is 0 Å². The monoisotopic (exact) mass is 246 g/mol. The third kappa shape index (κ3) is 2.27. The van der Waals surface area contributed by atoms with Crippen molar-refractivity contribution in [2.75, 3.05) is 18.5 Å². The molecule has 1 nitrogen and oxygen atoms in total. The average Bonchev–Trinajstić information content (AvgIpc) is 2.13. The molecule has 2 fully saturated rings. The van der Waals surface area contributed by atoms with Gasteiger partial charge in [-0.3, -0.25) is 0 Å². The van der Waals surface area contributed by atoms with Crippen LogP contribution in [-0.4, -0.2) is 18.5 Å². The van der Waals surface area contributed by atoms with Crippen LogP contribution in [0, 0.1) is 11.3 Å². The highest BCUT2D eigenvalue weighted by Gasteiger charge is 2.37. The Kier molecular flexibility index (Phi) is 3.31. The minimum Gasteiger partial charge on any atom is -0.381 e. The Balaban J connectivity index is 1.81. The van der Waals surface area contributed by atoms with E-state index >= 15 is 0 Å². The molecule has 1 saturated heterocycles. The Morgan fingerprint density at radius 2 is 1.92 bits per heavy atom. The van der Waals surface area contributed by atoms with E-state index in [-0.39, 0.29) is 0 Å². The van der Waals surface area contributed by atoms with Gasteiger partial charge in [0.1, 0.15) is 0 Å². The maximum absolute atomic E-state index is 5.39. The first-order valence-corrected chi connectivity index (χ1v) is 6.61. The summed E-state index contributed by atoms with van der Waals surface area (Å²) >= 11 is 3.68. The highest BCUT2D eigenvalue weighted by atomic mass is 79.9. The molecule has 2 rings (SSSR count). The van der Waals surface area contributed by atoms with E-state index in [1.165, 1.54) is 43.9 Å². The fourth-order valence-electron chi connectivity index (χ4n) is 2.63. The van der Waals surface area contributed by atoms with Crippen molar-refractivity contribution in [2.24, 2.45) is 11.3 Å². The Bertz CT molecular complexity index is 154. The summed E-state index contributed by atoms with van der Waals surface area (Å²) in [5.74, 6) is 0.951. The molecule has 2 aliphatic rings. The summed E-state index contributed by atoms with van der Waals surface area (Å²) in [6.45, 7) is 2.01. The zero-order chi connectivity index (χ0) is 9.15. The molecule has 0 spiro atoms. The molecular formula is C11H19BrO. The van der Waals surface area contributed by atoms with Gasteiger partial charge in [0.25, 0.3) is 0 Å². The molecule has 0 aromatic rings. The molecule has 0 radical (unpaired) electrons. The van der Waals surface area contributed by atoms with Gasteiger partial charge in [-0.05, 0) is 43.4 Å². The number of alkyl halides is 1. The zero-order valence-electron chi connectivity index (χ0n) is 8.23. The van der Waals surface area contributed by atoms with Crippen LogP contribution in [0.1, 0.15) is 38.5 Å². The molecule has 0 atom stereocenters. The average molecular weight is 247 g/mol. The van der Waals surface area contributed by atoms with E-state index in [0.717, 1.165) is 19.1 Å². The standard InChI is InChI=1S/C11H19BrO/c12-9-11(4-1-5-11)8-10-2-6-13-7-3-10/h10H,1-9H2. The fourth-order valence-corrected chi connectivity index (χ4v) is 3.42. The van der Waals surface area contributed by atoms with Crippen LogP contribution in [-0.2, 0) is 4.74 Å². The molecule has 0 N–H and O–H groups in total. The lowest BCUT2D eigenvalue weighted by Crippen LogP contribution is -2.34. The van der Waals surface area contributed by atoms with E-state index in [0.29, 0.717) is 5.41 Å². The lowest BCUT2D eigenvalue weighted by Gasteiger charge is -2.43. The Morgan fingerprint density at radius 1 is 1.23 bits per heavy atom. The first kappa shape index (κ1) is 9.97. The van der Waals surface area contributed by atoms with Crippen molar-refractivity contribution in [3.05, 3.63) is 0 Å². The van der Waals surface area contributed by atoms with Gasteiger partial charge in [-0.2, -0.15) is 0 Å². The third-order valence-corrected chi connectivity index (χ3v) is 4.95. The van der Waals surface area contributed by atoms with Gasteiger partial charge in [0.15, 0.2) is 0 Å². The van der Waals surface area contributed by atoms with Crippen LogP contribution in [0.15, 0.2) is 0 Å². The quantitative estimate of drug-likeness (QED) is 0.695. The van der Waals surface area contributed by atoms with Crippen LogP contribution in [0.4, 0.5) is 0 Å². The van der Waals surface area contributed by atoms with Crippen LogP contribution >= 0.6 is 15.9 Å². The Morgan fingerprint density at radius 3 is 2.38 bits per heavy atom. The minimum absolute atomic E-state index is 0.683. The van der Waals surface area contributed by atoms with Crippen molar-refractivity contribution >= 4 is 15.9 Å². The molecule has 0 unspecified atom stereocenters. The van der Waals surface area contributed by atoms with Gasteiger partial charge in [0.05, 0.1) is 0 Å². The van der Waals surface area contributed by atoms with Gasteiger partial charge in [-0.1, -0.05) is 22.4 Å². The summed E-state index contributed by atoms with van der Waals surface area (Å²) < 4.78 is 5.39. The van der Waals surface area contributed by atoms with E-state index < -0.39 is 0 Å². The maximum atomic E-state index is 5.39. The lowest BCUT2D eigenvalue weighted by molar-refractivity contribution is 0.0333. The zero-order valence-corrected chi connectivity index (χ0v) is 9.81. The van der Waals surface area contributed by atoms with E-state index in [1.807, 2.05) is 0 Å². The van der Waals surface area contributed by atoms with Crippen LogP contribution < -0.4 is 0 Å². The van der Waals surface area contributed by atoms with E-state index in [4.69, 9.17) is 4.74 Å². The predicted molar refractivity (Wildman–Crippen MR) is 58.2 cm³/mol. The van der Waals surface area contributed by atoms with Crippen molar-refractivity contribution in [1.29, 1.82) is 0 Å². The molecule has 0 aromatic heterocycles. The molecule has 13 heavy (non-hydrogen) atoms. The highest BCUT2D eigenvalue weighted by molar-refractivity contribution is 9.09. The van der Waals surface area contributed by atoms with E-state index in [1.54, 1.807) is 0 Å². The molecule has 0 amide bonds. The molecular weight excluding hydrogens is 228 g/mol. The topological polar surface area (TPSA) is 9.23 Å². The third-order valence-electron chi connectivity index (χ3n) is 3.76. The Labute approximate surface area is 89.4 Å². The van der Waals surface area contributed by atoms with Gasteiger partial charge in [-0.15, -0.1) is 0 Å². The van der Waals surface area contributed by atoms with Crippen LogP contribution in [0.2, 0.25) is 0 Å². The molecule has 2 heteroatoms. The molecule has 1 aliphatic carbocycles. The maximum Gasteiger partial charge on any atom is 0.0468 e. The number of hydrogen-bond donors (Lipinski definition) is 0. The van der Waals surface area contributed by atoms with Crippen molar-refractivity contribution in [3.63, 3.8) is 0 Å². The number of halogens is 1. The smallest absolute Gasteiger partial charge is 0.0468 e. The second-order valence-corrected chi connectivity index (χ2v) is 5.31. The van der Waals surface area contributed by atoms with E-state index in [2.05, 4.69) is 15.9 Å². The van der Waals surface area contributed by atoms with Gasteiger partial charge < -0.3 is 4.74 Å². The fraction of sp³-hybridized carbons (Fsp3) is 1.00. The summed E-state index contributed by atoms with van der Waals surface area (Å²) in [6, 6.07) is 0. The first-order valence-electron chi connectivity index (χ1n) is 5.48. The van der Waals surface area contributed by atoms with Gasteiger partial charge in [-0.25, -0.2) is 0 Å². The first-order chi connectivity index (χ1) is 6.35. The molecule has 0 bridgehead atoms. The van der Waals surface area contributed by atoms with Gasteiger partial charge in [0, 0.05) is 18.5 Å². The number of ether oxygens (including phenoxy) is 1. The van der Waals surface area contributed by atoms with Crippen molar-refractivity contribution in [2.45, 2.75) is 38.5 Å². The molecule has 0 aromatic carbocycles. The summed E-state index contributed by atoms with van der Waals surface area (Å²) in [5.41, 5.74) is 0.683. The number of hydrogen-bond acceptors (Lipinski definition) is 1. The molecule has 1 aliphatic heterocycles. The van der Waals surface area contributed by atoms with Crippen LogP contribution in [0.5, 0.6) is 0 Å². The van der Waals surface area contributed by atoms with Crippen LogP contribution in [0.25, 0.3) is 0 Å². The van der Waals surface area contributed by atoms with Gasteiger partial charge in [0.2, 0.25) is 0 Å². The molecule has 1 saturated carbocycles. The lowest BCUT2D eigenvalue weighted by atomic mass is 9.65. The highest BCUT2D eigenvalue weighted by Crippen LogP contribution is 2.48. The normalized spacial score (nSPS) is 28.4.